The molecule has 1 atom stereocenters. The molecule has 0 fully saturated rings. The zero-order chi connectivity index (χ0) is 13.6. The lowest BCUT2D eigenvalue weighted by Crippen LogP contribution is -2.30. The van der Waals surface area contributed by atoms with Crippen molar-refractivity contribution in [2.75, 3.05) is 5.75 Å². The molecule has 1 rings (SSSR count). The van der Waals surface area contributed by atoms with E-state index in [-0.39, 0.29) is 11.3 Å². The first-order chi connectivity index (χ1) is 8.50. The van der Waals surface area contributed by atoms with Gasteiger partial charge in [0, 0.05) is 5.56 Å². The van der Waals surface area contributed by atoms with E-state index >= 15 is 0 Å². The lowest BCUT2D eigenvalue weighted by atomic mass is 10.1. The van der Waals surface area contributed by atoms with Gasteiger partial charge >= 0.3 is 0 Å². The van der Waals surface area contributed by atoms with E-state index < -0.39 is 21.9 Å². The second-order valence-electron chi connectivity index (χ2n) is 3.87. The number of nitriles is 1. The first-order valence-corrected chi connectivity index (χ1v) is 7.29. The van der Waals surface area contributed by atoms with Crippen LogP contribution in [0.1, 0.15) is 31.4 Å². The maximum Gasteiger partial charge on any atom is 0.213 e. The first kappa shape index (κ1) is 14.6. The molecule has 0 saturated carbocycles. The van der Waals surface area contributed by atoms with Crippen LogP contribution in [-0.4, -0.2) is 14.2 Å². The third-order valence-electron chi connectivity index (χ3n) is 2.41. The van der Waals surface area contributed by atoms with Gasteiger partial charge in [0.15, 0.2) is 0 Å². The standard InChI is InChI=1S/C12H15FN2O2S/c1-2-3-8-18(16,17)15-12(9-14)10-6-4-5-7-11(10)13/h4-7,12,15H,2-3,8H2,1H3. The molecule has 0 radical (unpaired) electrons. The van der Waals surface area contributed by atoms with Crippen LogP contribution in [0, 0.1) is 17.1 Å². The minimum atomic E-state index is -3.56. The van der Waals surface area contributed by atoms with Crippen LogP contribution in [0.2, 0.25) is 0 Å². The van der Waals surface area contributed by atoms with Gasteiger partial charge in [-0.3, -0.25) is 0 Å². The van der Waals surface area contributed by atoms with Crippen molar-refractivity contribution in [3.8, 4) is 6.07 Å². The highest BCUT2D eigenvalue weighted by Gasteiger charge is 2.20. The van der Waals surface area contributed by atoms with Gasteiger partial charge in [0.1, 0.15) is 11.9 Å². The monoisotopic (exact) mass is 270 g/mol. The van der Waals surface area contributed by atoms with Gasteiger partial charge < -0.3 is 0 Å². The van der Waals surface area contributed by atoms with Gasteiger partial charge in [-0.05, 0) is 12.5 Å². The summed E-state index contributed by atoms with van der Waals surface area (Å²) in [4.78, 5) is 0. The van der Waals surface area contributed by atoms with Gasteiger partial charge in [-0.25, -0.2) is 12.8 Å². The van der Waals surface area contributed by atoms with Gasteiger partial charge in [-0.2, -0.15) is 9.98 Å². The van der Waals surface area contributed by atoms with E-state index in [9.17, 15) is 12.8 Å². The zero-order valence-electron chi connectivity index (χ0n) is 10.1. The van der Waals surface area contributed by atoms with Crippen molar-refractivity contribution < 1.29 is 12.8 Å². The molecule has 0 aliphatic carbocycles. The quantitative estimate of drug-likeness (QED) is 0.860. The van der Waals surface area contributed by atoms with Crippen molar-refractivity contribution in [2.24, 2.45) is 0 Å². The number of hydrogen-bond donors (Lipinski definition) is 1. The molecular weight excluding hydrogens is 255 g/mol. The summed E-state index contributed by atoms with van der Waals surface area (Å²) in [6.07, 6.45) is 1.24. The summed E-state index contributed by atoms with van der Waals surface area (Å²) in [7, 11) is -3.56. The second kappa shape index (κ2) is 6.47. The lowest BCUT2D eigenvalue weighted by molar-refractivity contribution is 0.561. The van der Waals surface area contributed by atoms with Crippen LogP contribution in [0.15, 0.2) is 24.3 Å². The molecule has 0 spiro atoms. The van der Waals surface area contributed by atoms with Crippen molar-refractivity contribution in [3.63, 3.8) is 0 Å². The van der Waals surface area contributed by atoms with Gasteiger partial charge in [0.2, 0.25) is 10.0 Å². The third-order valence-corrected chi connectivity index (χ3v) is 3.83. The van der Waals surface area contributed by atoms with E-state index in [0.29, 0.717) is 6.42 Å². The number of nitrogens with zero attached hydrogens (tertiary/aromatic N) is 1. The summed E-state index contributed by atoms with van der Waals surface area (Å²) in [6, 6.07) is 6.21. The molecule has 0 bridgehead atoms. The fourth-order valence-electron chi connectivity index (χ4n) is 1.44. The SMILES string of the molecule is CCCCS(=O)(=O)NC(C#N)c1ccccc1F. The number of unbranched alkanes of at least 4 members (excludes halogenated alkanes) is 1. The Balaban J connectivity index is 2.88. The number of benzene rings is 1. The third kappa shape index (κ3) is 4.09. The van der Waals surface area contributed by atoms with Crippen molar-refractivity contribution in [2.45, 2.75) is 25.8 Å². The topological polar surface area (TPSA) is 70.0 Å². The van der Waals surface area contributed by atoms with Crippen LogP contribution in [0.4, 0.5) is 4.39 Å². The molecule has 0 aliphatic heterocycles. The minimum Gasteiger partial charge on any atom is -0.212 e. The molecule has 0 aliphatic rings. The zero-order valence-corrected chi connectivity index (χ0v) is 10.9. The van der Waals surface area contributed by atoms with E-state index in [1.807, 2.05) is 6.92 Å². The highest BCUT2D eigenvalue weighted by atomic mass is 32.2. The Morgan fingerprint density at radius 1 is 1.44 bits per heavy atom. The smallest absolute Gasteiger partial charge is 0.212 e. The molecule has 1 unspecified atom stereocenters. The van der Waals surface area contributed by atoms with Crippen molar-refractivity contribution in [1.82, 2.24) is 4.72 Å². The molecule has 4 nitrogen and oxygen atoms in total. The predicted molar refractivity (Wildman–Crippen MR) is 66.6 cm³/mol. The average Bonchev–Trinajstić information content (AvgIpc) is 2.34. The summed E-state index contributed by atoms with van der Waals surface area (Å²) in [5.74, 6) is -0.655. The van der Waals surface area contributed by atoms with E-state index in [2.05, 4.69) is 4.72 Å². The predicted octanol–water partition coefficient (Wildman–Crippen LogP) is 2.11. The van der Waals surface area contributed by atoms with Gasteiger partial charge in [0.25, 0.3) is 0 Å². The van der Waals surface area contributed by atoms with Crippen molar-refractivity contribution in [3.05, 3.63) is 35.6 Å². The number of halogens is 1. The van der Waals surface area contributed by atoms with Gasteiger partial charge in [0.05, 0.1) is 11.8 Å². The van der Waals surface area contributed by atoms with Crippen LogP contribution in [0.25, 0.3) is 0 Å². The Morgan fingerprint density at radius 3 is 2.67 bits per heavy atom. The lowest BCUT2D eigenvalue weighted by Gasteiger charge is -2.12. The minimum absolute atomic E-state index is 0.0417. The fraction of sp³-hybridized carbons (Fsp3) is 0.417. The number of sulfonamides is 1. The maximum atomic E-state index is 13.5. The number of nitrogens with one attached hydrogen (secondary N) is 1. The molecule has 18 heavy (non-hydrogen) atoms. The summed E-state index contributed by atoms with van der Waals surface area (Å²) in [6.45, 7) is 1.87. The Kier molecular flexibility index (Phi) is 5.25. The Bertz CT molecular complexity index is 537. The van der Waals surface area contributed by atoms with E-state index in [4.69, 9.17) is 5.26 Å². The van der Waals surface area contributed by atoms with Crippen molar-refractivity contribution in [1.29, 1.82) is 5.26 Å². The Morgan fingerprint density at radius 2 is 2.11 bits per heavy atom. The molecule has 1 aromatic carbocycles. The Labute approximate surface area is 106 Å². The molecule has 6 heteroatoms. The molecule has 0 aromatic heterocycles. The fourth-order valence-corrected chi connectivity index (χ4v) is 2.77. The highest BCUT2D eigenvalue weighted by molar-refractivity contribution is 7.89. The summed E-state index contributed by atoms with van der Waals surface area (Å²) < 4.78 is 39.0. The molecule has 0 amide bonds. The molecule has 0 heterocycles. The second-order valence-corrected chi connectivity index (χ2v) is 5.75. The van der Waals surface area contributed by atoms with Crippen LogP contribution in [0.5, 0.6) is 0 Å². The summed E-state index contributed by atoms with van der Waals surface area (Å²) in [5.41, 5.74) is 0.0417. The van der Waals surface area contributed by atoms with Crippen LogP contribution >= 0.6 is 0 Å². The van der Waals surface area contributed by atoms with E-state index in [1.54, 1.807) is 12.1 Å². The van der Waals surface area contributed by atoms with Gasteiger partial charge in [-0.15, -0.1) is 0 Å². The summed E-state index contributed by atoms with van der Waals surface area (Å²) >= 11 is 0. The number of rotatable bonds is 6. The first-order valence-electron chi connectivity index (χ1n) is 5.64. The molecule has 0 saturated heterocycles. The van der Waals surface area contributed by atoms with Crippen LogP contribution in [-0.2, 0) is 10.0 Å². The van der Waals surface area contributed by atoms with E-state index in [0.717, 1.165) is 6.42 Å². The van der Waals surface area contributed by atoms with Gasteiger partial charge in [-0.1, -0.05) is 31.5 Å². The maximum absolute atomic E-state index is 13.5. The average molecular weight is 270 g/mol. The molecule has 1 aromatic rings. The largest absolute Gasteiger partial charge is 0.213 e. The normalized spacial score (nSPS) is 12.9. The van der Waals surface area contributed by atoms with E-state index in [1.165, 1.54) is 18.2 Å². The van der Waals surface area contributed by atoms with Crippen LogP contribution < -0.4 is 4.72 Å². The van der Waals surface area contributed by atoms with Crippen LogP contribution in [0.3, 0.4) is 0 Å². The highest BCUT2D eigenvalue weighted by Crippen LogP contribution is 2.17. The molecule has 98 valence electrons. The molecule has 1 N–H and O–H groups in total. The molecular formula is C12H15FN2O2S. The van der Waals surface area contributed by atoms with Crippen molar-refractivity contribution >= 4 is 10.0 Å². The number of hydrogen-bond acceptors (Lipinski definition) is 3. The summed E-state index contributed by atoms with van der Waals surface area (Å²) in [5, 5.41) is 8.95. The Hall–Kier alpha value is -1.45.